The summed E-state index contributed by atoms with van der Waals surface area (Å²) in [6.45, 7) is 5.71. The molecule has 0 unspecified atom stereocenters. The monoisotopic (exact) mass is 330 g/mol. The number of piperidine rings is 1. The van der Waals surface area contributed by atoms with Crippen LogP contribution in [0.4, 0.5) is 0 Å². The molecule has 0 aromatic heterocycles. The van der Waals surface area contributed by atoms with E-state index in [4.69, 9.17) is 4.74 Å². The van der Waals surface area contributed by atoms with Crippen LogP contribution in [0.25, 0.3) is 0 Å². The normalized spacial score (nSPS) is 19.8. The third-order valence-corrected chi connectivity index (χ3v) is 5.72. The van der Waals surface area contributed by atoms with Gasteiger partial charge in [-0.1, -0.05) is 12.1 Å². The number of hydrogen-bond acceptors (Lipinski definition) is 3. The van der Waals surface area contributed by atoms with Crippen molar-refractivity contribution in [1.82, 2.24) is 10.2 Å². The van der Waals surface area contributed by atoms with Crippen LogP contribution in [0, 0.1) is 11.3 Å². The molecular weight excluding hydrogens is 300 g/mol. The molecule has 1 aliphatic carbocycles. The zero-order valence-electron chi connectivity index (χ0n) is 15.0. The van der Waals surface area contributed by atoms with Crippen LogP contribution in [0.1, 0.15) is 38.2 Å². The molecule has 1 saturated heterocycles. The lowest BCUT2D eigenvalue weighted by molar-refractivity contribution is -0.143. The van der Waals surface area contributed by atoms with Crippen molar-refractivity contribution in [3.63, 3.8) is 0 Å². The molecule has 1 amide bonds. The second-order valence-corrected chi connectivity index (χ2v) is 7.44. The van der Waals surface area contributed by atoms with E-state index in [1.807, 2.05) is 31.0 Å². The Morgan fingerprint density at radius 1 is 1.25 bits per heavy atom. The zero-order chi connectivity index (χ0) is 17.0. The van der Waals surface area contributed by atoms with E-state index in [1.54, 1.807) is 0 Å². The minimum Gasteiger partial charge on any atom is -0.494 e. The van der Waals surface area contributed by atoms with Crippen molar-refractivity contribution in [2.45, 2.75) is 39.0 Å². The predicted molar refractivity (Wildman–Crippen MR) is 96.2 cm³/mol. The summed E-state index contributed by atoms with van der Waals surface area (Å²) in [7, 11) is 1.95. The van der Waals surface area contributed by atoms with Gasteiger partial charge in [-0.3, -0.25) is 4.79 Å². The Bertz CT molecular complexity index is 541. The Morgan fingerprint density at radius 3 is 2.54 bits per heavy atom. The largest absolute Gasteiger partial charge is 0.494 e. The van der Waals surface area contributed by atoms with Crippen LogP contribution in [0.15, 0.2) is 24.3 Å². The van der Waals surface area contributed by atoms with Crippen molar-refractivity contribution in [2.24, 2.45) is 11.3 Å². The Balaban J connectivity index is 1.43. The highest BCUT2D eigenvalue weighted by Gasteiger charge is 2.47. The zero-order valence-corrected chi connectivity index (χ0v) is 15.0. The van der Waals surface area contributed by atoms with E-state index in [0.29, 0.717) is 17.9 Å². The lowest BCUT2D eigenvalue weighted by Crippen LogP contribution is -2.50. The van der Waals surface area contributed by atoms with Gasteiger partial charge in [0.2, 0.25) is 5.91 Å². The number of nitrogens with one attached hydrogen (secondary N) is 1. The molecule has 1 aromatic rings. The van der Waals surface area contributed by atoms with Gasteiger partial charge in [-0.15, -0.1) is 0 Å². The number of hydrogen-bond donors (Lipinski definition) is 1. The van der Waals surface area contributed by atoms with E-state index in [0.717, 1.165) is 44.6 Å². The van der Waals surface area contributed by atoms with Crippen LogP contribution in [0.3, 0.4) is 0 Å². The molecule has 4 heteroatoms. The molecule has 0 radical (unpaired) electrons. The highest BCUT2D eigenvalue weighted by atomic mass is 16.5. The smallest absolute Gasteiger partial charge is 0.225 e. The molecule has 3 rings (SSSR count). The van der Waals surface area contributed by atoms with Crippen molar-refractivity contribution >= 4 is 5.91 Å². The second kappa shape index (κ2) is 7.56. The second-order valence-electron chi connectivity index (χ2n) is 7.44. The standard InChI is InChI=1S/C20H30N2O2/c1-3-24-18-6-4-16(5-7-18)8-13-22(2)19(23)17-14-20(15-17)9-11-21-12-10-20/h4-7,17,21H,3,8-15H2,1-2H3. The maximum atomic E-state index is 12.6. The van der Waals surface area contributed by atoms with Gasteiger partial charge in [0.25, 0.3) is 0 Å². The van der Waals surface area contributed by atoms with E-state index >= 15 is 0 Å². The lowest BCUT2D eigenvalue weighted by Gasteiger charge is -2.50. The first-order chi connectivity index (χ1) is 11.6. The van der Waals surface area contributed by atoms with Gasteiger partial charge >= 0.3 is 0 Å². The van der Waals surface area contributed by atoms with E-state index in [2.05, 4.69) is 17.4 Å². The minimum atomic E-state index is 0.258. The number of likely N-dealkylation sites (N-methyl/N-ethyl adjacent to an activating group) is 1. The summed E-state index contributed by atoms with van der Waals surface area (Å²) < 4.78 is 5.46. The van der Waals surface area contributed by atoms with Gasteiger partial charge in [0.1, 0.15) is 5.75 Å². The Kier molecular flexibility index (Phi) is 5.44. The van der Waals surface area contributed by atoms with Gasteiger partial charge in [-0.05, 0) is 75.2 Å². The minimum absolute atomic E-state index is 0.258. The quantitative estimate of drug-likeness (QED) is 0.872. The molecule has 1 spiro atoms. The molecule has 4 nitrogen and oxygen atoms in total. The van der Waals surface area contributed by atoms with Gasteiger partial charge in [-0.25, -0.2) is 0 Å². The number of ether oxygens (including phenoxy) is 1. The number of carbonyl (C=O) groups excluding carboxylic acids is 1. The molecule has 2 aliphatic rings. The fraction of sp³-hybridized carbons (Fsp3) is 0.650. The van der Waals surface area contributed by atoms with Crippen LogP contribution in [0.2, 0.25) is 0 Å². The molecule has 0 bridgehead atoms. The molecule has 1 aliphatic heterocycles. The third kappa shape index (κ3) is 3.92. The van der Waals surface area contributed by atoms with Gasteiger partial charge in [0.15, 0.2) is 0 Å². The molecule has 1 saturated carbocycles. The van der Waals surface area contributed by atoms with E-state index in [1.165, 1.54) is 18.4 Å². The van der Waals surface area contributed by atoms with E-state index in [-0.39, 0.29) is 5.92 Å². The maximum absolute atomic E-state index is 12.6. The number of nitrogens with zero attached hydrogens (tertiary/aromatic N) is 1. The first-order valence-electron chi connectivity index (χ1n) is 9.29. The van der Waals surface area contributed by atoms with Crippen LogP contribution in [0.5, 0.6) is 5.75 Å². The van der Waals surface area contributed by atoms with Gasteiger partial charge in [-0.2, -0.15) is 0 Å². The number of rotatable bonds is 6. The van der Waals surface area contributed by atoms with Gasteiger partial charge in [0.05, 0.1) is 6.61 Å². The van der Waals surface area contributed by atoms with E-state index < -0.39 is 0 Å². The van der Waals surface area contributed by atoms with Gasteiger partial charge in [0, 0.05) is 19.5 Å². The predicted octanol–water partition coefficient (Wildman–Crippen LogP) is 2.87. The SMILES string of the molecule is CCOc1ccc(CCN(C)C(=O)C2CC3(CCNCC3)C2)cc1. The Labute approximate surface area is 145 Å². The molecule has 1 aromatic carbocycles. The fourth-order valence-corrected chi connectivity index (χ4v) is 4.16. The molecule has 0 atom stereocenters. The molecule has 24 heavy (non-hydrogen) atoms. The maximum Gasteiger partial charge on any atom is 0.225 e. The van der Waals surface area contributed by atoms with Crippen LogP contribution < -0.4 is 10.1 Å². The Morgan fingerprint density at radius 2 is 1.92 bits per heavy atom. The highest BCUT2D eigenvalue weighted by molar-refractivity contribution is 5.79. The molecular formula is C20H30N2O2. The first-order valence-corrected chi connectivity index (χ1v) is 9.29. The average Bonchev–Trinajstić information content (AvgIpc) is 2.59. The van der Waals surface area contributed by atoms with Crippen molar-refractivity contribution in [3.8, 4) is 5.75 Å². The summed E-state index contributed by atoms with van der Waals surface area (Å²) in [5, 5.41) is 3.42. The summed E-state index contributed by atoms with van der Waals surface area (Å²) in [5.74, 6) is 1.51. The molecule has 132 valence electrons. The van der Waals surface area contributed by atoms with Crippen molar-refractivity contribution < 1.29 is 9.53 Å². The summed E-state index contributed by atoms with van der Waals surface area (Å²) in [4.78, 5) is 14.5. The number of amides is 1. The van der Waals surface area contributed by atoms with Crippen molar-refractivity contribution in [3.05, 3.63) is 29.8 Å². The molecule has 2 fully saturated rings. The van der Waals surface area contributed by atoms with E-state index in [9.17, 15) is 4.79 Å². The number of carbonyl (C=O) groups is 1. The molecule has 1 heterocycles. The summed E-state index contributed by atoms with van der Waals surface area (Å²) in [6, 6.07) is 8.20. The fourth-order valence-electron chi connectivity index (χ4n) is 4.16. The number of benzene rings is 1. The lowest BCUT2D eigenvalue weighted by atomic mass is 9.57. The Hall–Kier alpha value is -1.55. The third-order valence-electron chi connectivity index (χ3n) is 5.72. The summed E-state index contributed by atoms with van der Waals surface area (Å²) in [6.07, 6.45) is 5.58. The summed E-state index contributed by atoms with van der Waals surface area (Å²) >= 11 is 0. The van der Waals surface area contributed by atoms with Crippen LogP contribution >= 0.6 is 0 Å². The summed E-state index contributed by atoms with van der Waals surface area (Å²) in [5.41, 5.74) is 1.73. The topological polar surface area (TPSA) is 41.6 Å². The highest BCUT2D eigenvalue weighted by Crippen LogP contribution is 2.52. The van der Waals surface area contributed by atoms with Gasteiger partial charge < -0.3 is 15.0 Å². The van der Waals surface area contributed by atoms with Crippen molar-refractivity contribution in [1.29, 1.82) is 0 Å². The first kappa shape index (κ1) is 17.3. The van der Waals surface area contributed by atoms with Crippen molar-refractivity contribution in [2.75, 3.05) is 33.3 Å². The average molecular weight is 330 g/mol. The molecule has 1 N–H and O–H groups in total. The van der Waals surface area contributed by atoms with Crippen LogP contribution in [-0.4, -0.2) is 44.1 Å². The van der Waals surface area contributed by atoms with Crippen LogP contribution in [-0.2, 0) is 11.2 Å².